The lowest BCUT2D eigenvalue weighted by Gasteiger charge is -2.47. The summed E-state index contributed by atoms with van der Waals surface area (Å²) in [6.45, 7) is 6.10. The standard InChI is InChI=1S/C30H35F7N4O2/c1-19-14-24(31)4-5-26(19)27-18-25(40-12-10-39(11-13-40)20(2)42)7-9-41(27)28(43)38(3)8-6-21-15-22(29(32,33)34)17-23(16-21)30(35,36)37/h4-5,14-17,25,27H,6-13,18H2,1-3H3/t25-,27-/m0/s1. The van der Waals surface area contributed by atoms with Gasteiger partial charge in [0.05, 0.1) is 17.2 Å². The van der Waals surface area contributed by atoms with Crippen LogP contribution >= 0.6 is 0 Å². The van der Waals surface area contributed by atoms with E-state index in [1.807, 2.05) is 0 Å². The molecule has 0 aliphatic carbocycles. The molecule has 6 nitrogen and oxygen atoms in total. The molecule has 2 aromatic rings. The third-order valence-electron chi connectivity index (χ3n) is 8.40. The van der Waals surface area contributed by atoms with E-state index in [1.54, 1.807) is 22.8 Å². The van der Waals surface area contributed by atoms with Crippen LogP contribution in [0, 0.1) is 12.7 Å². The van der Waals surface area contributed by atoms with Gasteiger partial charge in [0.25, 0.3) is 0 Å². The van der Waals surface area contributed by atoms with E-state index in [9.17, 15) is 40.3 Å². The summed E-state index contributed by atoms with van der Waals surface area (Å²) in [5.74, 6) is -0.397. The number of urea groups is 1. The molecule has 4 rings (SSSR count). The van der Waals surface area contributed by atoms with E-state index < -0.39 is 41.4 Å². The fourth-order valence-corrected chi connectivity index (χ4v) is 5.99. The summed E-state index contributed by atoms with van der Waals surface area (Å²) in [5, 5.41) is 0. The molecule has 2 fully saturated rings. The fourth-order valence-electron chi connectivity index (χ4n) is 5.99. The number of aryl methyl sites for hydroxylation is 1. The number of amides is 3. The van der Waals surface area contributed by atoms with E-state index >= 15 is 0 Å². The van der Waals surface area contributed by atoms with Crippen molar-refractivity contribution in [3.05, 3.63) is 70.0 Å². The summed E-state index contributed by atoms with van der Waals surface area (Å²) in [4.78, 5) is 32.5. The zero-order chi connectivity index (χ0) is 31.7. The topological polar surface area (TPSA) is 47.1 Å². The van der Waals surface area contributed by atoms with Gasteiger partial charge in [-0.25, -0.2) is 9.18 Å². The van der Waals surface area contributed by atoms with Crippen molar-refractivity contribution in [3.8, 4) is 0 Å². The molecular formula is C30H35F7N4O2. The van der Waals surface area contributed by atoms with Crippen LogP contribution in [0.25, 0.3) is 0 Å². The molecule has 0 aromatic heterocycles. The molecule has 2 saturated heterocycles. The molecule has 2 aliphatic heterocycles. The van der Waals surface area contributed by atoms with Gasteiger partial charge < -0.3 is 14.7 Å². The lowest BCUT2D eigenvalue weighted by Crippen LogP contribution is -2.56. The Morgan fingerprint density at radius 3 is 2.05 bits per heavy atom. The van der Waals surface area contributed by atoms with E-state index in [4.69, 9.17) is 0 Å². The average molecular weight is 617 g/mol. The summed E-state index contributed by atoms with van der Waals surface area (Å²) in [6.07, 6.45) is -8.94. The van der Waals surface area contributed by atoms with Crippen molar-refractivity contribution in [2.24, 2.45) is 0 Å². The Balaban J connectivity index is 1.52. The third kappa shape index (κ3) is 7.79. The first-order chi connectivity index (χ1) is 20.0. The van der Waals surface area contributed by atoms with Gasteiger partial charge in [-0.2, -0.15) is 26.3 Å². The minimum Gasteiger partial charge on any atom is -0.340 e. The number of carbonyl (C=O) groups excluding carboxylic acids is 2. The first-order valence-corrected chi connectivity index (χ1v) is 14.1. The van der Waals surface area contributed by atoms with E-state index in [-0.39, 0.29) is 36.5 Å². The number of carbonyl (C=O) groups is 2. The number of alkyl halides is 6. The highest BCUT2D eigenvalue weighted by atomic mass is 19.4. The first-order valence-electron chi connectivity index (χ1n) is 14.1. The van der Waals surface area contributed by atoms with Gasteiger partial charge in [-0.1, -0.05) is 6.07 Å². The average Bonchev–Trinajstić information content (AvgIpc) is 2.94. The van der Waals surface area contributed by atoms with Crippen LogP contribution in [0.4, 0.5) is 35.5 Å². The van der Waals surface area contributed by atoms with Crippen molar-refractivity contribution >= 4 is 11.9 Å². The van der Waals surface area contributed by atoms with Gasteiger partial charge >= 0.3 is 18.4 Å². The van der Waals surface area contributed by atoms with Crippen molar-refractivity contribution in [2.45, 2.75) is 57.5 Å². The van der Waals surface area contributed by atoms with Gasteiger partial charge in [-0.15, -0.1) is 0 Å². The number of benzene rings is 2. The summed E-state index contributed by atoms with van der Waals surface area (Å²) in [5.41, 5.74) is -1.55. The molecule has 0 radical (unpaired) electrons. The summed E-state index contributed by atoms with van der Waals surface area (Å²) in [6, 6.07) is 5.06. The molecule has 236 valence electrons. The molecule has 43 heavy (non-hydrogen) atoms. The molecule has 0 spiro atoms. The van der Waals surface area contributed by atoms with E-state index in [0.717, 1.165) is 5.56 Å². The Bertz CT molecular complexity index is 1290. The van der Waals surface area contributed by atoms with Crippen molar-refractivity contribution in [3.63, 3.8) is 0 Å². The summed E-state index contributed by atoms with van der Waals surface area (Å²) >= 11 is 0. The number of hydrogen-bond acceptors (Lipinski definition) is 3. The second kappa shape index (κ2) is 12.7. The van der Waals surface area contributed by atoms with Crippen LogP contribution in [0.15, 0.2) is 36.4 Å². The maximum atomic E-state index is 14.0. The van der Waals surface area contributed by atoms with Crippen LogP contribution in [0.3, 0.4) is 0 Å². The Hall–Kier alpha value is -3.35. The zero-order valence-electron chi connectivity index (χ0n) is 24.2. The summed E-state index contributed by atoms with van der Waals surface area (Å²) < 4.78 is 93.8. The van der Waals surface area contributed by atoms with E-state index in [2.05, 4.69) is 4.90 Å². The molecular weight excluding hydrogens is 581 g/mol. The normalized spacial score (nSPS) is 20.3. The molecule has 0 N–H and O–H groups in total. The van der Waals surface area contributed by atoms with Crippen molar-refractivity contribution in [1.82, 2.24) is 19.6 Å². The highest BCUT2D eigenvalue weighted by Gasteiger charge is 2.39. The number of hydrogen-bond donors (Lipinski definition) is 0. The minimum absolute atomic E-state index is 0.0164. The third-order valence-corrected chi connectivity index (χ3v) is 8.40. The molecule has 2 atom stereocenters. The van der Waals surface area contributed by atoms with Crippen LogP contribution in [0.1, 0.15) is 53.6 Å². The highest BCUT2D eigenvalue weighted by Crippen LogP contribution is 2.38. The molecule has 13 heteroatoms. The fraction of sp³-hybridized carbons (Fsp3) is 0.533. The van der Waals surface area contributed by atoms with Crippen LogP contribution < -0.4 is 0 Å². The predicted octanol–water partition coefficient (Wildman–Crippen LogP) is 6.14. The number of nitrogens with zero attached hydrogens (tertiary/aromatic N) is 4. The minimum atomic E-state index is -4.96. The molecule has 3 amide bonds. The second-order valence-electron chi connectivity index (χ2n) is 11.3. The van der Waals surface area contributed by atoms with Gasteiger partial charge in [0.15, 0.2) is 0 Å². The number of likely N-dealkylation sites (tertiary alicyclic amines) is 1. The molecule has 0 unspecified atom stereocenters. The second-order valence-corrected chi connectivity index (χ2v) is 11.3. The van der Waals surface area contributed by atoms with Crippen molar-refractivity contribution in [1.29, 1.82) is 0 Å². The molecule has 2 aliphatic rings. The zero-order valence-corrected chi connectivity index (χ0v) is 24.2. The lowest BCUT2D eigenvalue weighted by atomic mass is 9.88. The smallest absolute Gasteiger partial charge is 0.340 e. The van der Waals surface area contributed by atoms with Crippen molar-refractivity contribution in [2.75, 3.05) is 46.3 Å². The van der Waals surface area contributed by atoms with E-state index in [0.29, 0.717) is 63.3 Å². The quantitative estimate of drug-likeness (QED) is 0.380. The van der Waals surface area contributed by atoms with Crippen LogP contribution in [0.5, 0.6) is 0 Å². The molecule has 2 heterocycles. The van der Waals surface area contributed by atoms with Crippen molar-refractivity contribution < 1.29 is 40.3 Å². The Kier molecular flexibility index (Phi) is 9.63. The molecule has 2 aromatic carbocycles. The highest BCUT2D eigenvalue weighted by molar-refractivity contribution is 5.75. The number of halogens is 7. The predicted molar refractivity (Wildman–Crippen MR) is 146 cm³/mol. The number of piperidine rings is 1. The van der Waals surface area contributed by atoms with Gasteiger partial charge in [0.1, 0.15) is 5.82 Å². The van der Waals surface area contributed by atoms with Crippen LogP contribution in [0.2, 0.25) is 0 Å². The summed E-state index contributed by atoms with van der Waals surface area (Å²) in [7, 11) is 1.46. The van der Waals surface area contributed by atoms with Gasteiger partial charge in [-0.3, -0.25) is 9.69 Å². The monoisotopic (exact) mass is 616 g/mol. The van der Waals surface area contributed by atoms with E-state index in [1.165, 1.54) is 31.0 Å². The van der Waals surface area contributed by atoms with Gasteiger partial charge in [0.2, 0.25) is 5.91 Å². The Morgan fingerprint density at radius 1 is 0.907 bits per heavy atom. The maximum absolute atomic E-state index is 14.0. The largest absolute Gasteiger partial charge is 0.416 e. The molecule has 0 bridgehead atoms. The first kappa shape index (κ1) is 32.6. The number of rotatable bonds is 5. The Morgan fingerprint density at radius 2 is 1.51 bits per heavy atom. The Labute approximate surface area is 246 Å². The lowest BCUT2D eigenvalue weighted by molar-refractivity contribution is -0.143. The molecule has 0 saturated carbocycles. The van der Waals surface area contributed by atoms with Crippen LogP contribution in [-0.2, 0) is 23.6 Å². The number of piperazine rings is 1. The van der Waals surface area contributed by atoms with Gasteiger partial charge in [0, 0.05) is 59.3 Å². The van der Waals surface area contributed by atoms with Gasteiger partial charge in [-0.05, 0) is 73.2 Å². The number of likely N-dealkylation sites (N-methyl/N-ethyl adjacent to an activating group) is 1. The SMILES string of the molecule is CC(=O)N1CCN([C@H]2CCN(C(=O)N(C)CCc3cc(C(F)(F)F)cc(C(F)(F)F)c3)[C@H](c3ccc(F)cc3C)C2)CC1. The maximum Gasteiger partial charge on any atom is 0.416 e. The van der Waals surface area contributed by atoms with Crippen LogP contribution in [-0.4, -0.2) is 83.9 Å².